The summed E-state index contributed by atoms with van der Waals surface area (Å²) in [5.41, 5.74) is 1.13. The van der Waals surface area contributed by atoms with Crippen LogP contribution in [-0.2, 0) is 4.74 Å². The molecule has 110 valence electrons. The molecule has 0 atom stereocenters. The Bertz CT molecular complexity index is 431. The highest BCUT2D eigenvalue weighted by Crippen LogP contribution is 2.28. The van der Waals surface area contributed by atoms with Crippen LogP contribution in [0, 0.1) is 5.41 Å². The Morgan fingerprint density at radius 2 is 1.70 bits per heavy atom. The van der Waals surface area contributed by atoms with Crippen molar-refractivity contribution < 1.29 is 14.9 Å². The quantitative estimate of drug-likeness (QED) is 0.841. The van der Waals surface area contributed by atoms with E-state index in [4.69, 9.17) is 4.74 Å². The number of phenolic OH excluding ortho intramolecular Hbond substituents is 1. The minimum absolute atomic E-state index is 0.0271. The minimum Gasteiger partial charge on any atom is -0.508 e. The van der Waals surface area contributed by atoms with Crippen LogP contribution in [0.15, 0.2) is 24.3 Å². The summed E-state index contributed by atoms with van der Waals surface area (Å²) in [6.07, 6.45) is 0. The molecule has 1 aromatic rings. The van der Waals surface area contributed by atoms with E-state index in [1.165, 1.54) is 0 Å². The molecule has 2 aliphatic heterocycles. The first kappa shape index (κ1) is 13.7. The normalized spacial score (nSPS) is 22.6. The van der Waals surface area contributed by atoms with E-state index >= 15 is 0 Å². The lowest BCUT2D eigenvalue weighted by atomic mass is 9.86. The van der Waals surface area contributed by atoms with Gasteiger partial charge in [0.25, 0.3) is 0 Å². The van der Waals surface area contributed by atoms with E-state index < -0.39 is 0 Å². The van der Waals surface area contributed by atoms with Gasteiger partial charge in [-0.15, -0.1) is 0 Å². The predicted molar refractivity (Wildman–Crippen MR) is 77.1 cm³/mol. The van der Waals surface area contributed by atoms with Crippen LogP contribution in [0.2, 0.25) is 0 Å². The highest BCUT2D eigenvalue weighted by Gasteiger charge is 2.40. The standard InChI is InChI=1S/C15H22N2O3/c18-10-15(11-20-12-15)9-16-5-7-17(8-6-16)13-1-3-14(19)4-2-13/h1-4,18-19H,5-12H2. The summed E-state index contributed by atoms with van der Waals surface area (Å²) in [4.78, 5) is 4.74. The lowest BCUT2D eigenvalue weighted by Crippen LogP contribution is -2.57. The van der Waals surface area contributed by atoms with Gasteiger partial charge in [0.15, 0.2) is 0 Å². The van der Waals surface area contributed by atoms with Crippen molar-refractivity contribution in [2.45, 2.75) is 0 Å². The third-order valence-electron chi connectivity index (χ3n) is 4.30. The smallest absolute Gasteiger partial charge is 0.115 e. The van der Waals surface area contributed by atoms with E-state index in [9.17, 15) is 10.2 Å². The van der Waals surface area contributed by atoms with Crippen molar-refractivity contribution in [2.24, 2.45) is 5.41 Å². The second-order valence-electron chi connectivity index (χ2n) is 5.93. The number of aromatic hydroxyl groups is 1. The maximum Gasteiger partial charge on any atom is 0.115 e. The van der Waals surface area contributed by atoms with Crippen LogP contribution >= 0.6 is 0 Å². The Kier molecular flexibility index (Phi) is 3.83. The molecule has 2 aliphatic rings. The third kappa shape index (κ3) is 2.75. The number of phenols is 1. The van der Waals surface area contributed by atoms with Crippen molar-refractivity contribution in [3.05, 3.63) is 24.3 Å². The van der Waals surface area contributed by atoms with E-state index in [1.54, 1.807) is 12.1 Å². The number of rotatable bonds is 4. The van der Waals surface area contributed by atoms with Gasteiger partial charge in [0, 0.05) is 38.4 Å². The summed E-state index contributed by atoms with van der Waals surface area (Å²) in [6, 6.07) is 7.38. The number of hydrogen-bond donors (Lipinski definition) is 2. The van der Waals surface area contributed by atoms with Crippen molar-refractivity contribution in [2.75, 3.05) is 57.4 Å². The molecule has 0 spiro atoms. The Morgan fingerprint density at radius 3 is 2.20 bits per heavy atom. The Balaban J connectivity index is 1.53. The van der Waals surface area contributed by atoms with Gasteiger partial charge in [-0.2, -0.15) is 0 Å². The van der Waals surface area contributed by atoms with Crippen LogP contribution in [0.3, 0.4) is 0 Å². The number of nitrogens with zero attached hydrogens (tertiary/aromatic N) is 2. The predicted octanol–water partition coefficient (Wildman–Crippen LogP) is 0.523. The molecule has 0 bridgehead atoms. The number of piperazine rings is 1. The highest BCUT2D eigenvalue weighted by molar-refractivity contribution is 5.49. The fraction of sp³-hybridized carbons (Fsp3) is 0.600. The van der Waals surface area contributed by atoms with Crippen molar-refractivity contribution in [1.82, 2.24) is 4.90 Å². The average molecular weight is 278 g/mol. The molecule has 5 nitrogen and oxygen atoms in total. The van der Waals surface area contributed by atoms with Gasteiger partial charge in [0.05, 0.1) is 25.2 Å². The van der Waals surface area contributed by atoms with Crippen LogP contribution in [-0.4, -0.2) is 67.7 Å². The first-order chi connectivity index (χ1) is 9.71. The van der Waals surface area contributed by atoms with Gasteiger partial charge in [0.2, 0.25) is 0 Å². The molecule has 0 saturated carbocycles. The first-order valence-corrected chi connectivity index (χ1v) is 7.16. The van der Waals surface area contributed by atoms with E-state index in [1.807, 2.05) is 12.1 Å². The second kappa shape index (κ2) is 5.60. The van der Waals surface area contributed by atoms with Crippen LogP contribution in [0.25, 0.3) is 0 Å². The van der Waals surface area contributed by atoms with Gasteiger partial charge < -0.3 is 19.8 Å². The number of aliphatic hydroxyl groups excluding tert-OH is 1. The number of benzene rings is 1. The van der Waals surface area contributed by atoms with Crippen LogP contribution in [0.4, 0.5) is 5.69 Å². The number of aliphatic hydroxyl groups is 1. The number of hydrogen-bond acceptors (Lipinski definition) is 5. The number of anilines is 1. The third-order valence-corrected chi connectivity index (χ3v) is 4.30. The largest absolute Gasteiger partial charge is 0.508 e. The van der Waals surface area contributed by atoms with E-state index in [0.717, 1.165) is 38.4 Å². The lowest BCUT2D eigenvalue weighted by molar-refractivity contribution is -0.148. The maximum atomic E-state index is 9.48. The van der Waals surface area contributed by atoms with Gasteiger partial charge in [0.1, 0.15) is 5.75 Å². The molecule has 3 rings (SSSR count). The van der Waals surface area contributed by atoms with Crippen molar-refractivity contribution in [3.8, 4) is 5.75 Å². The molecule has 0 aromatic heterocycles. The maximum absolute atomic E-state index is 9.48. The molecular formula is C15H22N2O3. The molecule has 20 heavy (non-hydrogen) atoms. The molecule has 1 aromatic carbocycles. The zero-order valence-corrected chi connectivity index (χ0v) is 11.7. The fourth-order valence-electron chi connectivity index (χ4n) is 2.93. The lowest BCUT2D eigenvalue weighted by Gasteiger charge is -2.45. The second-order valence-corrected chi connectivity index (χ2v) is 5.93. The van der Waals surface area contributed by atoms with E-state index in [-0.39, 0.29) is 12.0 Å². The fourth-order valence-corrected chi connectivity index (χ4v) is 2.93. The molecule has 2 N–H and O–H groups in total. The topological polar surface area (TPSA) is 56.2 Å². The molecule has 0 unspecified atom stereocenters. The Labute approximate surface area is 119 Å². The monoisotopic (exact) mass is 278 g/mol. The summed E-state index contributed by atoms with van der Waals surface area (Å²) in [5.74, 6) is 0.308. The molecule has 2 saturated heterocycles. The first-order valence-electron chi connectivity index (χ1n) is 7.16. The van der Waals surface area contributed by atoms with Crippen LogP contribution in [0.1, 0.15) is 0 Å². The Hall–Kier alpha value is -1.30. The van der Waals surface area contributed by atoms with Gasteiger partial charge in [-0.05, 0) is 24.3 Å². The molecule has 0 radical (unpaired) electrons. The summed E-state index contributed by atoms with van der Waals surface area (Å²) >= 11 is 0. The molecule has 5 heteroatoms. The molecule has 0 amide bonds. The van der Waals surface area contributed by atoms with E-state index in [0.29, 0.717) is 19.0 Å². The molecule has 2 heterocycles. The van der Waals surface area contributed by atoms with Gasteiger partial charge in [-0.25, -0.2) is 0 Å². The van der Waals surface area contributed by atoms with Crippen molar-refractivity contribution >= 4 is 5.69 Å². The van der Waals surface area contributed by atoms with Gasteiger partial charge >= 0.3 is 0 Å². The summed E-state index contributed by atoms with van der Waals surface area (Å²) in [5, 5.41) is 18.8. The van der Waals surface area contributed by atoms with Crippen molar-refractivity contribution in [3.63, 3.8) is 0 Å². The average Bonchev–Trinajstić information content (AvgIpc) is 2.45. The van der Waals surface area contributed by atoms with Crippen LogP contribution < -0.4 is 4.90 Å². The number of ether oxygens (including phenoxy) is 1. The van der Waals surface area contributed by atoms with Crippen LogP contribution in [0.5, 0.6) is 5.75 Å². The zero-order valence-electron chi connectivity index (χ0n) is 11.7. The summed E-state index contributed by atoms with van der Waals surface area (Å²) in [7, 11) is 0. The SMILES string of the molecule is OCC1(CN2CCN(c3ccc(O)cc3)CC2)COC1. The molecular weight excluding hydrogens is 256 g/mol. The van der Waals surface area contributed by atoms with Crippen molar-refractivity contribution in [1.29, 1.82) is 0 Å². The van der Waals surface area contributed by atoms with E-state index in [2.05, 4.69) is 9.80 Å². The zero-order chi connectivity index (χ0) is 14.0. The highest BCUT2D eigenvalue weighted by atomic mass is 16.5. The molecule has 0 aliphatic carbocycles. The Morgan fingerprint density at radius 1 is 1.05 bits per heavy atom. The summed E-state index contributed by atoms with van der Waals surface area (Å²) < 4.78 is 5.25. The van der Waals surface area contributed by atoms with Gasteiger partial charge in [-0.1, -0.05) is 0 Å². The van der Waals surface area contributed by atoms with Gasteiger partial charge in [-0.3, -0.25) is 4.90 Å². The summed E-state index contributed by atoms with van der Waals surface area (Å²) in [6.45, 7) is 6.47. The minimum atomic E-state index is -0.0271. The molecule has 2 fully saturated rings.